The van der Waals surface area contributed by atoms with Gasteiger partial charge in [0.25, 0.3) is 11.8 Å². The molecule has 176 valence electrons. The second-order valence-corrected chi connectivity index (χ2v) is 8.04. The van der Waals surface area contributed by atoms with E-state index in [2.05, 4.69) is 25.8 Å². The Morgan fingerprint density at radius 3 is 2.82 bits per heavy atom. The van der Waals surface area contributed by atoms with Crippen LogP contribution in [0.5, 0.6) is 5.75 Å². The Kier molecular flexibility index (Phi) is 6.34. The molecule has 2 aliphatic rings. The lowest BCUT2D eigenvalue weighted by Gasteiger charge is -2.33. The summed E-state index contributed by atoms with van der Waals surface area (Å²) < 4.78 is 11.2. The number of hydrogen-bond donors (Lipinski definition) is 2. The van der Waals surface area contributed by atoms with Gasteiger partial charge in [0.1, 0.15) is 17.6 Å². The zero-order chi connectivity index (χ0) is 23.3. The number of ether oxygens (including phenoxy) is 1. The van der Waals surface area contributed by atoms with Crippen LogP contribution in [0.25, 0.3) is 11.4 Å². The zero-order valence-corrected chi connectivity index (χ0v) is 18.5. The standard InChI is InChI=1S/C23H25N7O4/c31-20-14-29(10-9-25-20)19-7-6-16(12-26-19)22-27-23(34-28-22)18-13-24-8-11-30(18)21(32)15-33-17-4-2-1-3-5-17/h1-7,12,18,24H,8-11,13-15H2,(H,25,31). The van der Waals surface area contributed by atoms with Gasteiger partial charge in [-0.3, -0.25) is 9.59 Å². The van der Waals surface area contributed by atoms with Gasteiger partial charge in [-0.15, -0.1) is 0 Å². The highest BCUT2D eigenvalue weighted by molar-refractivity contribution is 5.82. The fourth-order valence-electron chi connectivity index (χ4n) is 4.00. The van der Waals surface area contributed by atoms with Crippen LogP contribution in [-0.2, 0) is 9.59 Å². The van der Waals surface area contributed by atoms with E-state index in [-0.39, 0.29) is 31.0 Å². The first-order valence-corrected chi connectivity index (χ1v) is 11.2. The van der Waals surface area contributed by atoms with E-state index in [1.807, 2.05) is 47.4 Å². The van der Waals surface area contributed by atoms with E-state index in [4.69, 9.17) is 9.26 Å². The molecule has 0 radical (unpaired) electrons. The summed E-state index contributed by atoms with van der Waals surface area (Å²) in [6, 6.07) is 12.5. The third-order valence-corrected chi connectivity index (χ3v) is 5.76. The first-order valence-electron chi connectivity index (χ1n) is 11.2. The van der Waals surface area contributed by atoms with Crippen molar-refractivity contribution in [1.29, 1.82) is 0 Å². The van der Waals surface area contributed by atoms with Gasteiger partial charge in [-0.05, 0) is 24.3 Å². The van der Waals surface area contributed by atoms with Crippen LogP contribution in [0.15, 0.2) is 53.2 Å². The van der Waals surface area contributed by atoms with Crippen molar-refractivity contribution in [3.8, 4) is 17.1 Å². The first-order chi connectivity index (χ1) is 16.7. The maximum absolute atomic E-state index is 12.9. The van der Waals surface area contributed by atoms with Crippen LogP contribution in [0.1, 0.15) is 11.9 Å². The van der Waals surface area contributed by atoms with Crippen LogP contribution in [0.2, 0.25) is 0 Å². The molecule has 2 N–H and O–H groups in total. The first kappa shape index (κ1) is 21.8. The third-order valence-electron chi connectivity index (χ3n) is 5.76. The molecule has 0 bridgehead atoms. The molecular weight excluding hydrogens is 438 g/mol. The van der Waals surface area contributed by atoms with Gasteiger partial charge in [-0.25, -0.2) is 4.98 Å². The minimum absolute atomic E-state index is 0.0192. The highest BCUT2D eigenvalue weighted by atomic mass is 16.5. The second kappa shape index (κ2) is 9.87. The summed E-state index contributed by atoms with van der Waals surface area (Å²) >= 11 is 0. The topological polar surface area (TPSA) is 126 Å². The summed E-state index contributed by atoms with van der Waals surface area (Å²) in [7, 11) is 0. The molecule has 34 heavy (non-hydrogen) atoms. The minimum atomic E-state index is -0.388. The number of rotatable bonds is 6. The highest BCUT2D eigenvalue weighted by Gasteiger charge is 2.32. The quantitative estimate of drug-likeness (QED) is 0.541. The summed E-state index contributed by atoms with van der Waals surface area (Å²) in [5.74, 6) is 1.94. The van der Waals surface area contributed by atoms with Crippen molar-refractivity contribution in [2.24, 2.45) is 0 Å². The van der Waals surface area contributed by atoms with E-state index in [1.165, 1.54) is 0 Å². The molecule has 0 aliphatic carbocycles. The van der Waals surface area contributed by atoms with E-state index in [0.717, 1.165) is 0 Å². The van der Waals surface area contributed by atoms with Crippen molar-refractivity contribution in [3.05, 3.63) is 54.6 Å². The maximum atomic E-state index is 12.9. The number of nitrogens with one attached hydrogen (secondary N) is 2. The fraction of sp³-hybridized carbons (Fsp3) is 0.348. The van der Waals surface area contributed by atoms with Gasteiger partial charge < -0.3 is 29.7 Å². The minimum Gasteiger partial charge on any atom is -0.484 e. The van der Waals surface area contributed by atoms with E-state index >= 15 is 0 Å². The average Bonchev–Trinajstić information content (AvgIpc) is 3.38. The van der Waals surface area contributed by atoms with Crippen molar-refractivity contribution < 1.29 is 18.8 Å². The van der Waals surface area contributed by atoms with Crippen LogP contribution < -0.4 is 20.3 Å². The Labute approximate surface area is 196 Å². The number of pyridine rings is 1. The van der Waals surface area contributed by atoms with Gasteiger partial charge in [0, 0.05) is 44.5 Å². The molecule has 2 aliphatic heterocycles. The molecule has 11 nitrogen and oxygen atoms in total. The predicted octanol–water partition coefficient (Wildman–Crippen LogP) is 0.620. The Balaban J connectivity index is 1.26. The smallest absolute Gasteiger partial charge is 0.261 e. The number of aromatic nitrogens is 3. The summed E-state index contributed by atoms with van der Waals surface area (Å²) in [6.45, 7) is 3.21. The predicted molar refractivity (Wildman–Crippen MR) is 122 cm³/mol. The number of anilines is 1. The monoisotopic (exact) mass is 463 g/mol. The molecule has 0 saturated carbocycles. The van der Waals surface area contributed by atoms with Crippen LogP contribution in [-0.4, -0.2) is 77.7 Å². The molecule has 4 heterocycles. The number of piperazine rings is 2. The average molecular weight is 463 g/mol. The highest BCUT2D eigenvalue weighted by Crippen LogP contribution is 2.25. The van der Waals surface area contributed by atoms with Crippen LogP contribution >= 0.6 is 0 Å². The van der Waals surface area contributed by atoms with Gasteiger partial charge in [0.05, 0.1) is 6.54 Å². The van der Waals surface area contributed by atoms with Crippen LogP contribution in [0.4, 0.5) is 5.82 Å². The Hall–Kier alpha value is -3.99. The van der Waals surface area contributed by atoms with Gasteiger partial charge in [-0.1, -0.05) is 23.4 Å². The van der Waals surface area contributed by atoms with Crippen LogP contribution in [0, 0.1) is 0 Å². The lowest BCUT2D eigenvalue weighted by molar-refractivity contribution is -0.137. The summed E-state index contributed by atoms with van der Waals surface area (Å²) in [4.78, 5) is 37.1. The fourth-order valence-corrected chi connectivity index (χ4v) is 4.00. The van der Waals surface area contributed by atoms with Crippen molar-refractivity contribution >= 4 is 17.6 Å². The molecule has 5 rings (SSSR count). The van der Waals surface area contributed by atoms with Crippen molar-refractivity contribution in [2.45, 2.75) is 6.04 Å². The molecule has 3 aromatic rings. The number of carbonyl (C=O) groups excluding carboxylic acids is 2. The largest absolute Gasteiger partial charge is 0.484 e. The molecule has 2 aromatic heterocycles. The van der Waals surface area contributed by atoms with E-state index in [0.29, 0.717) is 61.6 Å². The maximum Gasteiger partial charge on any atom is 0.261 e. The SMILES string of the molecule is O=C1CN(c2ccc(-c3noc(C4CNCCN4C(=O)COc4ccccc4)n3)cn2)CCN1. The van der Waals surface area contributed by atoms with Gasteiger partial charge >= 0.3 is 0 Å². The van der Waals surface area contributed by atoms with E-state index in [9.17, 15) is 9.59 Å². The molecule has 1 unspecified atom stereocenters. The molecule has 1 atom stereocenters. The second-order valence-electron chi connectivity index (χ2n) is 8.04. The summed E-state index contributed by atoms with van der Waals surface area (Å²) in [5, 5.41) is 10.2. The Bertz CT molecular complexity index is 1140. The lowest BCUT2D eigenvalue weighted by atomic mass is 10.2. The number of amides is 2. The number of hydrogen-bond acceptors (Lipinski definition) is 9. The van der Waals surface area contributed by atoms with Crippen LogP contribution in [0.3, 0.4) is 0 Å². The Morgan fingerprint density at radius 1 is 1.15 bits per heavy atom. The number of para-hydroxylation sites is 1. The summed E-state index contributed by atoms with van der Waals surface area (Å²) in [6.07, 6.45) is 1.66. The molecular formula is C23H25N7O4. The normalized spacial score (nSPS) is 18.5. The van der Waals surface area contributed by atoms with Crippen molar-refractivity contribution in [1.82, 2.24) is 30.7 Å². The number of carbonyl (C=O) groups is 2. The number of benzene rings is 1. The van der Waals surface area contributed by atoms with Gasteiger partial charge in [-0.2, -0.15) is 4.98 Å². The lowest BCUT2D eigenvalue weighted by Crippen LogP contribution is -2.50. The number of nitrogens with zero attached hydrogens (tertiary/aromatic N) is 5. The van der Waals surface area contributed by atoms with Crippen molar-refractivity contribution in [2.75, 3.05) is 50.8 Å². The van der Waals surface area contributed by atoms with Gasteiger partial charge in [0.2, 0.25) is 11.7 Å². The van der Waals surface area contributed by atoms with E-state index in [1.54, 1.807) is 11.1 Å². The van der Waals surface area contributed by atoms with Gasteiger partial charge in [0.15, 0.2) is 6.61 Å². The van der Waals surface area contributed by atoms with Crippen molar-refractivity contribution in [3.63, 3.8) is 0 Å². The molecule has 2 fully saturated rings. The third kappa shape index (κ3) is 4.84. The molecule has 1 aromatic carbocycles. The molecule has 2 saturated heterocycles. The molecule has 0 spiro atoms. The zero-order valence-electron chi connectivity index (χ0n) is 18.5. The summed E-state index contributed by atoms with van der Waals surface area (Å²) in [5.41, 5.74) is 0.689. The van der Waals surface area contributed by atoms with E-state index < -0.39 is 0 Å². The Morgan fingerprint density at radius 2 is 2.03 bits per heavy atom. The molecule has 2 amide bonds. The molecule has 11 heteroatoms.